The lowest BCUT2D eigenvalue weighted by Gasteiger charge is -2.25. The fourth-order valence-corrected chi connectivity index (χ4v) is 3.62. The molecule has 0 N–H and O–H groups in total. The Kier molecular flexibility index (Phi) is 5.16. The van der Waals surface area contributed by atoms with Gasteiger partial charge in [-0.3, -0.25) is 20.2 Å². The summed E-state index contributed by atoms with van der Waals surface area (Å²) >= 11 is 3.47. The Bertz CT molecular complexity index is 1200. The van der Waals surface area contributed by atoms with Gasteiger partial charge in [-0.1, -0.05) is 28.1 Å². The standard InChI is InChI=1S/C22H14BrN3O4/c23-17-3-1-16-14-22(4-2-15(16)13-17)24(18-5-9-20(10-6-18)25(27)28)19-7-11-21(12-8-19)26(29)30/h1-14H. The number of halogens is 1. The number of hydrogen-bond acceptors (Lipinski definition) is 5. The molecule has 8 heteroatoms. The number of nitro benzene ring substituents is 2. The maximum absolute atomic E-state index is 11.0. The molecule has 0 saturated heterocycles. The van der Waals surface area contributed by atoms with Gasteiger partial charge in [0.15, 0.2) is 0 Å². The summed E-state index contributed by atoms with van der Waals surface area (Å²) in [7, 11) is 0. The minimum absolute atomic E-state index is 0.00855. The molecule has 0 saturated carbocycles. The molecule has 0 radical (unpaired) electrons. The molecule has 0 aromatic heterocycles. The number of anilines is 3. The van der Waals surface area contributed by atoms with Crippen LogP contribution >= 0.6 is 15.9 Å². The average Bonchev–Trinajstić information content (AvgIpc) is 2.74. The van der Waals surface area contributed by atoms with Crippen LogP contribution in [0.3, 0.4) is 0 Å². The third kappa shape index (κ3) is 3.85. The van der Waals surface area contributed by atoms with Gasteiger partial charge in [-0.05, 0) is 59.3 Å². The second kappa shape index (κ2) is 7.92. The average molecular weight is 464 g/mol. The maximum atomic E-state index is 11.0. The first-order chi connectivity index (χ1) is 14.4. The van der Waals surface area contributed by atoms with Crippen LogP contribution in [0.4, 0.5) is 28.4 Å². The molecular formula is C22H14BrN3O4. The molecule has 4 rings (SSSR count). The zero-order chi connectivity index (χ0) is 21.3. The molecule has 0 heterocycles. The van der Waals surface area contributed by atoms with Crippen molar-refractivity contribution in [2.24, 2.45) is 0 Å². The molecule has 0 bridgehead atoms. The molecule has 0 aliphatic carbocycles. The minimum atomic E-state index is -0.451. The van der Waals surface area contributed by atoms with Crippen LogP contribution in [0.25, 0.3) is 10.8 Å². The number of rotatable bonds is 5. The summed E-state index contributed by atoms with van der Waals surface area (Å²) in [6.07, 6.45) is 0. The monoisotopic (exact) mass is 463 g/mol. The molecule has 7 nitrogen and oxygen atoms in total. The first kappa shape index (κ1) is 19.5. The first-order valence-electron chi connectivity index (χ1n) is 8.91. The van der Waals surface area contributed by atoms with Gasteiger partial charge in [-0.25, -0.2) is 0 Å². The molecule has 0 atom stereocenters. The SMILES string of the molecule is O=[N+]([O-])c1ccc(N(c2ccc([N+](=O)[O-])cc2)c2ccc3cc(Br)ccc3c2)cc1. The van der Waals surface area contributed by atoms with E-state index < -0.39 is 9.85 Å². The van der Waals surface area contributed by atoms with E-state index in [1.165, 1.54) is 24.3 Å². The summed E-state index contributed by atoms with van der Waals surface area (Å²) in [6, 6.07) is 24.3. The number of nitrogens with zero attached hydrogens (tertiary/aromatic N) is 3. The number of hydrogen-bond donors (Lipinski definition) is 0. The number of benzene rings is 4. The molecule has 148 valence electrons. The van der Waals surface area contributed by atoms with Gasteiger partial charge < -0.3 is 4.90 Å². The predicted molar refractivity (Wildman–Crippen MR) is 120 cm³/mol. The van der Waals surface area contributed by atoms with Gasteiger partial charge >= 0.3 is 0 Å². The van der Waals surface area contributed by atoms with Crippen molar-refractivity contribution in [1.82, 2.24) is 0 Å². The lowest BCUT2D eigenvalue weighted by molar-refractivity contribution is -0.385. The summed E-state index contributed by atoms with van der Waals surface area (Å²) < 4.78 is 0.977. The van der Waals surface area contributed by atoms with Crippen molar-refractivity contribution >= 4 is 55.1 Å². The first-order valence-corrected chi connectivity index (χ1v) is 9.70. The van der Waals surface area contributed by atoms with Crippen LogP contribution in [0.15, 0.2) is 89.4 Å². The van der Waals surface area contributed by atoms with E-state index in [9.17, 15) is 20.2 Å². The van der Waals surface area contributed by atoms with Gasteiger partial charge in [0.05, 0.1) is 9.85 Å². The number of non-ortho nitro benzene ring substituents is 2. The van der Waals surface area contributed by atoms with Gasteiger partial charge in [-0.2, -0.15) is 0 Å². The highest BCUT2D eigenvalue weighted by Gasteiger charge is 2.16. The smallest absolute Gasteiger partial charge is 0.269 e. The number of fused-ring (bicyclic) bond motifs is 1. The van der Waals surface area contributed by atoms with Gasteiger partial charge in [0, 0.05) is 45.8 Å². The van der Waals surface area contributed by atoms with Crippen LogP contribution in [0.2, 0.25) is 0 Å². The molecule has 0 aliphatic heterocycles. The fraction of sp³-hybridized carbons (Fsp3) is 0. The van der Waals surface area contributed by atoms with Gasteiger partial charge in [0.2, 0.25) is 0 Å². The highest BCUT2D eigenvalue weighted by atomic mass is 79.9. The third-order valence-corrected chi connectivity index (χ3v) is 5.17. The van der Waals surface area contributed by atoms with E-state index in [4.69, 9.17) is 0 Å². The summed E-state index contributed by atoms with van der Waals surface area (Å²) in [6.45, 7) is 0. The van der Waals surface area contributed by atoms with Crippen molar-refractivity contribution in [3.8, 4) is 0 Å². The second-order valence-corrected chi connectivity index (χ2v) is 7.47. The molecule has 0 aliphatic rings. The zero-order valence-corrected chi connectivity index (χ0v) is 17.0. The Morgan fingerprint density at radius 2 is 1.03 bits per heavy atom. The van der Waals surface area contributed by atoms with Crippen LogP contribution in [0.5, 0.6) is 0 Å². The van der Waals surface area contributed by atoms with Crippen LogP contribution in [-0.4, -0.2) is 9.85 Å². The highest BCUT2D eigenvalue weighted by molar-refractivity contribution is 9.10. The quantitative estimate of drug-likeness (QED) is 0.237. The molecule has 30 heavy (non-hydrogen) atoms. The molecular weight excluding hydrogens is 450 g/mol. The fourth-order valence-electron chi connectivity index (χ4n) is 3.24. The summed E-state index contributed by atoms with van der Waals surface area (Å²) in [5.74, 6) is 0. The van der Waals surface area contributed by atoms with Crippen molar-refractivity contribution in [2.75, 3.05) is 4.90 Å². The Morgan fingerprint density at radius 3 is 1.53 bits per heavy atom. The van der Waals surface area contributed by atoms with Crippen LogP contribution in [-0.2, 0) is 0 Å². The Hall–Kier alpha value is -3.78. The van der Waals surface area contributed by atoms with Crippen molar-refractivity contribution in [3.63, 3.8) is 0 Å². The Morgan fingerprint density at radius 1 is 0.600 bits per heavy atom. The lowest BCUT2D eigenvalue weighted by Crippen LogP contribution is -2.10. The molecule has 4 aromatic rings. The van der Waals surface area contributed by atoms with E-state index in [-0.39, 0.29) is 11.4 Å². The van der Waals surface area contributed by atoms with E-state index in [2.05, 4.69) is 15.9 Å². The Labute approximate surface area is 179 Å². The van der Waals surface area contributed by atoms with Gasteiger partial charge in [0.25, 0.3) is 11.4 Å². The topological polar surface area (TPSA) is 89.5 Å². The van der Waals surface area contributed by atoms with E-state index in [0.29, 0.717) is 11.4 Å². The second-order valence-electron chi connectivity index (χ2n) is 6.56. The van der Waals surface area contributed by atoms with Crippen LogP contribution in [0, 0.1) is 20.2 Å². The maximum Gasteiger partial charge on any atom is 0.269 e. The van der Waals surface area contributed by atoms with Crippen molar-refractivity contribution in [2.45, 2.75) is 0 Å². The minimum Gasteiger partial charge on any atom is -0.310 e. The predicted octanol–water partition coefficient (Wildman–Crippen LogP) is 6.89. The van der Waals surface area contributed by atoms with E-state index in [1.54, 1.807) is 24.3 Å². The summed E-state index contributed by atoms with van der Waals surface area (Å²) in [5.41, 5.74) is 2.21. The van der Waals surface area contributed by atoms with Crippen LogP contribution in [0.1, 0.15) is 0 Å². The molecule has 0 fully saturated rings. The van der Waals surface area contributed by atoms with E-state index >= 15 is 0 Å². The highest BCUT2D eigenvalue weighted by Crippen LogP contribution is 2.37. The largest absolute Gasteiger partial charge is 0.310 e. The van der Waals surface area contributed by atoms with E-state index in [0.717, 1.165) is 20.9 Å². The molecule has 0 spiro atoms. The van der Waals surface area contributed by atoms with Gasteiger partial charge in [-0.15, -0.1) is 0 Å². The summed E-state index contributed by atoms with van der Waals surface area (Å²) in [5, 5.41) is 24.1. The third-order valence-electron chi connectivity index (χ3n) is 4.68. The molecule has 0 unspecified atom stereocenters. The summed E-state index contributed by atoms with van der Waals surface area (Å²) in [4.78, 5) is 23.0. The lowest BCUT2D eigenvalue weighted by atomic mass is 10.1. The molecule has 4 aromatic carbocycles. The van der Waals surface area contributed by atoms with Crippen molar-refractivity contribution in [1.29, 1.82) is 0 Å². The van der Waals surface area contributed by atoms with Crippen molar-refractivity contribution < 1.29 is 9.85 Å². The van der Waals surface area contributed by atoms with Gasteiger partial charge in [0.1, 0.15) is 0 Å². The molecule has 0 amide bonds. The van der Waals surface area contributed by atoms with E-state index in [1.807, 2.05) is 41.3 Å². The Balaban J connectivity index is 1.85. The number of nitro groups is 2. The van der Waals surface area contributed by atoms with Crippen LogP contribution < -0.4 is 4.90 Å². The van der Waals surface area contributed by atoms with Crippen molar-refractivity contribution in [3.05, 3.63) is 110 Å². The normalized spacial score (nSPS) is 10.7. The zero-order valence-electron chi connectivity index (χ0n) is 15.4.